The van der Waals surface area contributed by atoms with E-state index in [1.807, 2.05) is 0 Å². The molecular weight excluding hydrogens is 166 g/mol. The van der Waals surface area contributed by atoms with E-state index in [1.165, 1.54) is 12.8 Å². The van der Waals surface area contributed by atoms with Gasteiger partial charge in [-0.3, -0.25) is 0 Å². The van der Waals surface area contributed by atoms with Gasteiger partial charge < -0.3 is 16.3 Å². The fourth-order valence-electron chi connectivity index (χ4n) is 1.43. The molecule has 4 N–H and O–H groups in total. The van der Waals surface area contributed by atoms with E-state index >= 15 is 0 Å². The number of hydrogen-bond donors (Lipinski definition) is 3. The van der Waals surface area contributed by atoms with Crippen LogP contribution in [-0.4, -0.2) is 24.1 Å². The van der Waals surface area contributed by atoms with Crippen molar-refractivity contribution in [2.75, 3.05) is 13.1 Å². The minimum atomic E-state index is 0.298. The largest absolute Gasteiger partial charge is 0.409 e. The van der Waals surface area contributed by atoms with Crippen molar-refractivity contribution in [1.29, 1.82) is 0 Å². The molecule has 4 heteroatoms. The summed E-state index contributed by atoms with van der Waals surface area (Å²) < 4.78 is 0. The van der Waals surface area contributed by atoms with Gasteiger partial charge in [0.15, 0.2) is 0 Å². The number of amidine groups is 1. The topological polar surface area (TPSA) is 70.6 Å². The Kier molecular flexibility index (Phi) is 4.02. The quantitative estimate of drug-likeness (QED) is 0.188. The third kappa shape index (κ3) is 4.12. The molecule has 1 fully saturated rings. The minimum Gasteiger partial charge on any atom is -0.409 e. The molecule has 0 spiro atoms. The van der Waals surface area contributed by atoms with Crippen molar-refractivity contribution >= 4 is 5.84 Å². The van der Waals surface area contributed by atoms with E-state index < -0.39 is 0 Å². The molecule has 0 aliphatic heterocycles. The average molecular weight is 185 g/mol. The lowest BCUT2D eigenvalue weighted by atomic mass is 10.1. The lowest BCUT2D eigenvalue weighted by molar-refractivity contribution is 0.316. The molecule has 1 unspecified atom stereocenters. The second-order valence-corrected chi connectivity index (χ2v) is 3.86. The molecule has 1 aliphatic carbocycles. The van der Waals surface area contributed by atoms with Gasteiger partial charge in [-0.15, -0.1) is 0 Å². The Hall–Kier alpha value is -0.770. The van der Waals surface area contributed by atoms with Gasteiger partial charge in [0.1, 0.15) is 5.84 Å². The minimum absolute atomic E-state index is 0.298. The van der Waals surface area contributed by atoms with E-state index in [9.17, 15) is 0 Å². The molecule has 0 aromatic carbocycles. The van der Waals surface area contributed by atoms with Crippen molar-refractivity contribution < 1.29 is 5.21 Å². The number of nitrogens with zero attached hydrogens (tertiary/aromatic N) is 1. The molecule has 0 bridgehead atoms. The summed E-state index contributed by atoms with van der Waals surface area (Å²) in [7, 11) is 0. The van der Waals surface area contributed by atoms with Gasteiger partial charge in [-0.25, -0.2) is 0 Å². The highest BCUT2D eigenvalue weighted by Gasteiger charge is 2.27. The standard InChI is InChI=1S/C9H19N3O/c1-7(8-2-3-8)6-11-5-4-9(10)12-13/h7-8,11,13H,2-6H2,1H3,(H2,10,12). The molecule has 0 aromatic rings. The van der Waals surface area contributed by atoms with Crippen LogP contribution in [0.25, 0.3) is 0 Å². The van der Waals surface area contributed by atoms with Crippen LogP contribution in [0.2, 0.25) is 0 Å². The van der Waals surface area contributed by atoms with Crippen LogP contribution in [0.4, 0.5) is 0 Å². The van der Waals surface area contributed by atoms with Crippen LogP contribution in [0.3, 0.4) is 0 Å². The zero-order valence-corrected chi connectivity index (χ0v) is 8.16. The van der Waals surface area contributed by atoms with Crippen molar-refractivity contribution in [3.8, 4) is 0 Å². The lowest BCUT2D eigenvalue weighted by Gasteiger charge is -2.10. The predicted octanol–water partition coefficient (Wildman–Crippen LogP) is 0.759. The summed E-state index contributed by atoms with van der Waals surface area (Å²) in [6.07, 6.45) is 3.40. The van der Waals surface area contributed by atoms with Crippen LogP contribution in [0.1, 0.15) is 26.2 Å². The highest BCUT2D eigenvalue weighted by molar-refractivity contribution is 5.79. The first-order chi connectivity index (χ1) is 6.24. The Bertz CT molecular complexity index is 178. The molecule has 1 aliphatic rings. The molecule has 1 atom stereocenters. The molecule has 0 amide bonds. The zero-order chi connectivity index (χ0) is 9.68. The predicted molar refractivity (Wildman–Crippen MR) is 52.8 cm³/mol. The van der Waals surface area contributed by atoms with Gasteiger partial charge in [0.25, 0.3) is 0 Å². The molecule has 1 saturated carbocycles. The summed E-state index contributed by atoms with van der Waals surface area (Å²) in [5.41, 5.74) is 5.32. The highest BCUT2D eigenvalue weighted by Crippen LogP contribution is 2.35. The first kappa shape index (κ1) is 10.3. The van der Waals surface area contributed by atoms with Crippen LogP contribution in [0.15, 0.2) is 5.16 Å². The molecule has 13 heavy (non-hydrogen) atoms. The summed E-state index contributed by atoms with van der Waals surface area (Å²) in [6, 6.07) is 0. The van der Waals surface area contributed by atoms with Crippen LogP contribution >= 0.6 is 0 Å². The molecular formula is C9H19N3O. The molecule has 0 radical (unpaired) electrons. The smallest absolute Gasteiger partial charge is 0.140 e. The zero-order valence-electron chi connectivity index (χ0n) is 8.16. The van der Waals surface area contributed by atoms with Crippen LogP contribution in [0, 0.1) is 11.8 Å². The molecule has 0 saturated heterocycles. The van der Waals surface area contributed by atoms with Gasteiger partial charge in [-0.05, 0) is 31.2 Å². The molecule has 0 aromatic heterocycles. The maximum atomic E-state index is 8.28. The Labute approximate surface area is 79.2 Å². The van der Waals surface area contributed by atoms with Crippen molar-refractivity contribution in [3.05, 3.63) is 0 Å². The SMILES string of the molecule is CC(CNCCC(N)=NO)C1CC1. The van der Waals surface area contributed by atoms with Gasteiger partial charge in [-0.1, -0.05) is 12.1 Å². The molecule has 4 nitrogen and oxygen atoms in total. The van der Waals surface area contributed by atoms with Crippen LogP contribution in [0.5, 0.6) is 0 Å². The lowest BCUT2D eigenvalue weighted by Crippen LogP contribution is -2.26. The van der Waals surface area contributed by atoms with Crippen molar-refractivity contribution in [1.82, 2.24) is 5.32 Å². The number of oxime groups is 1. The third-order valence-corrected chi connectivity index (χ3v) is 2.58. The summed E-state index contributed by atoms with van der Waals surface area (Å²) in [5.74, 6) is 2.01. The van der Waals surface area contributed by atoms with E-state index in [2.05, 4.69) is 17.4 Å². The first-order valence-electron chi connectivity index (χ1n) is 4.91. The van der Waals surface area contributed by atoms with Gasteiger partial charge >= 0.3 is 0 Å². The van der Waals surface area contributed by atoms with E-state index in [1.54, 1.807) is 0 Å². The molecule has 1 rings (SSSR count). The number of nitrogens with two attached hydrogens (primary N) is 1. The van der Waals surface area contributed by atoms with E-state index in [4.69, 9.17) is 10.9 Å². The maximum Gasteiger partial charge on any atom is 0.140 e. The molecule has 0 heterocycles. The fourth-order valence-corrected chi connectivity index (χ4v) is 1.43. The Balaban J connectivity index is 1.94. The monoisotopic (exact) mass is 185 g/mol. The number of nitrogens with one attached hydrogen (secondary N) is 1. The van der Waals surface area contributed by atoms with Crippen LogP contribution < -0.4 is 11.1 Å². The van der Waals surface area contributed by atoms with Crippen molar-refractivity contribution in [2.45, 2.75) is 26.2 Å². The highest BCUT2D eigenvalue weighted by atomic mass is 16.4. The van der Waals surface area contributed by atoms with Crippen molar-refractivity contribution in [3.63, 3.8) is 0 Å². The van der Waals surface area contributed by atoms with E-state index in [0.717, 1.165) is 24.9 Å². The van der Waals surface area contributed by atoms with Gasteiger partial charge in [0, 0.05) is 13.0 Å². The first-order valence-corrected chi connectivity index (χ1v) is 4.91. The summed E-state index contributed by atoms with van der Waals surface area (Å²) in [5, 5.41) is 14.5. The number of rotatable bonds is 6. The third-order valence-electron chi connectivity index (χ3n) is 2.58. The van der Waals surface area contributed by atoms with E-state index in [0.29, 0.717) is 12.3 Å². The normalized spacial score (nSPS) is 20.2. The average Bonchev–Trinajstić information content (AvgIpc) is 2.94. The van der Waals surface area contributed by atoms with Gasteiger partial charge in [0.05, 0.1) is 0 Å². The van der Waals surface area contributed by atoms with E-state index in [-0.39, 0.29) is 0 Å². The Morgan fingerprint density at radius 2 is 2.38 bits per heavy atom. The summed E-state index contributed by atoms with van der Waals surface area (Å²) >= 11 is 0. The number of hydrogen-bond acceptors (Lipinski definition) is 3. The fraction of sp³-hybridized carbons (Fsp3) is 0.889. The second-order valence-electron chi connectivity index (χ2n) is 3.86. The molecule has 76 valence electrons. The van der Waals surface area contributed by atoms with Crippen molar-refractivity contribution in [2.24, 2.45) is 22.7 Å². The second kappa shape index (κ2) is 5.07. The van der Waals surface area contributed by atoms with Crippen LogP contribution in [-0.2, 0) is 0 Å². The summed E-state index contributed by atoms with van der Waals surface area (Å²) in [4.78, 5) is 0. The van der Waals surface area contributed by atoms with Gasteiger partial charge in [0.2, 0.25) is 0 Å². The van der Waals surface area contributed by atoms with Gasteiger partial charge in [-0.2, -0.15) is 0 Å². The summed E-state index contributed by atoms with van der Waals surface area (Å²) in [6.45, 7) is 4.12. The maximum absolute atomic E-state index is 8.28. The Morgan fingerprint density at radius 3 is 2.92 bits per heavy atom. The Morgan fingerprint density at radius 1 is 1.69 bits per heavy atom.